The van der Waals surface area contributed by atoms with Crippen LogP contribution in [-0.4, -0.2) is 30.6 Å². The van der Waals surface area contributed by atoms with Gasteiger partial charge in [-0.2, -0.15) is 0 Å². The minimum atomic E-state index is 0.456. The monoisotopic (exact) mass is 440 g/mol. The zero-order valence-corrected chi connectivity index (χ0v) is 22.1. The molecule has 3 saturated carbocycles. The molecule has 0 spiro atoms. The molecule has 2 N–H and O–H groups in total. The fourth-order valence-electron chi connectivity index (χ4n) is 10.2. The number of hydrogen-bond donors (Lipinski definition) is 1. The molecule has 2 nitrogen and oxygen atoms in total. The van der Waals surface area contributed by atoms with Gasteiger partial charge in [0.05, 0.1) is 0 Å². The van der Waals surface area contributed by atoms with Gasteiger partial charge >= 0.3 is 0 Å². The highest BCUT2D eigenvalue weighted by atomic mass is 15.2. The van der Waals surface area contributed by atoms with Gasteiger partial charge in [-0.25, -0.2) is 0 Å². The first-order chi connectivity index (χ1) is 15.1. The summed E-state index contributed by atoms with van der Waals surface area (Å²) in [5.41, 5.74) is 9.40. The van der Waals surface area contributed by atoms with Crippen molar-refractivity contribution in [3.63, 3.8) is 0 Å². The zero-order chi connectivity index (χ0) is 22.8. The lowest BCUT2D eigenvalue weighted by Crippen LogP contribution is -2.51. The molecule has 5 aliphatic rings. The van der Waals surface area contributed by atoms with E-state index in [1.54, 1.807) is 0 Å². The normalized spacial score (nSPS) is 50.0. The average Bonchev–Trinajstić information content (AvgIpc) is 3.28. The maximum Gasteiger partial charge on any atom is 0.0126 e. The Hall–Kier alpha value is -0.340. The Labute approximate surface area is 199 Å². The summed E-state index contributed by atoms with van der Waals surface area (Å²) >= 11 is 0. The number of nitrogens with zero attached hydrogens (tertiary/aromatic N) is 1. The van der Waals surface area contributed by atoms with Crippen LogP contribution in [0.1, 0.15) is 98.8 Å². The predicted octanol–water partition coefficient (Wildman–Crippen LogP) is 6.90. The first-order valence-electron chi connectivity index (χ1n) is 14.3. The van der Waals surface area contributed by atoms with Gasteiger partial charge < -0.3 is 10.6 Å². The quantitative estimate of drug-likeness (QED) is 0.482. The van der Waals surface area contributed by atoms with Gasteiger partial charge in [0.1, 0.15) is 0 Å². The van der Waals surface area contributed by atoms with E-state index in [9.17, 15) is 0 Å². The molecular formula is C30H52N2. The Balaban J connectivity index is 1.34. The van der Waals surface area contributed by atoms with E-state index in [0.717, 1.165) is 47.5 Å². The van der Waals surface area contributed by atoms with E-state index in [1.807, 2.05) is 5.57 Å². The van der Waals surface area contributed by atoms with Gasteiger partial charge in [-0.15, -0.1) is 0 Å². The van der Waals surface area contributed by atoms with Crippen LogP contribution < -0.4 is 5.73 Å². The second-order valence-corrected chi connectivity index (χ2v) is 14.0. The van der Waals surface area contributed by atoms with Crippen LogP contribution in [0.3, 0.4) is 0 Å². The number of rotatable bonds is 4. The van der Waals surface area contributed by atoms with E-state index < -0.39 is 0 Å². The van der Waals surface area contributed by atoms with Crippen molar-refractivity contribution in [2.75, 3.05) is 13.6 Å². The molecule has 2 heteroatoms. The Kier molecular flexibility index (Phi) is 6.14. The smallest absolute Gasteiger partial charge is 0.0126 e. The minimum absolute atomic E-state index is 0.456. The summed E-state index contributed by atoms with van der Waals surface area (Å²) in [4.78, 5) is 2.70. The summed E-state index contributed by atoms with van der Waals surface area (Å²) in [6.45, 7) is 14.2. The van der Waals surface area contributed by atoms with Crippen molar-refractivity contribution in [3.8, 4) is 0 Å². The van der Waals surface area contributed by atoms with Crippen molar-refractivity contribution in [2.45, 2.75) is 111 Å². The van der Waals surface area contributed by atoms with Crippen LogP contribution in [0, 0.1) is 52.3 Å². The molecule has 10 atom stereocenters. The molecular weight excluding hydrogens is 388 g/mol. The highest BCUT2D eigenvalue weighted by Crippen LogP contribution is 2.67. The van der Waals surface area contributed by atoms with Gasteiger partial charge in [0, 0.05) is 12.1 Å². The van der Waals surface area contributed by atoms with E-state index in [4.69, 9.17) is 5.73 Å². The van der Waals surface area contributed by atoms with Gasteiger partial charge in [0.25, 0.3) is 0 Å². The van der Waals surface area contributed by atoms with Gasteiger partial charge in [-0.1, -0.05) is 46.3 Å². The van der Waals surface area contributed by atoms with Crippen LogP contribution in [0.4, 0.5) is 0 Å². The van der Waals surface area contributed by atoms with Crippen molar-refractivity contribution in [1.82, 2.24) is 4.90 Å². The Morgan fingerprint density at radius 1 is 1.00 bits per heavy atom. The number of nitrogens with two attached hydrogens (primary N) is 1. The molecule has 182 valence electrons. The number of allylic oxidation sites excluding steroid dienone is 2. The van der Waals surface area contributed by atoms with Crippen molar-refractivity contribution in [1.29, 1.82) is 0 Å². The molecule has 1 aliphatic heterocycles. The fraction of sp³-hybridized carbons (Fsp3) is 0.933. The second kappa shape index (κ2) is 8.40. The van der Waals surface area contributed by atoms with E-state index in [1.165, 1.54) is 70.8 Å². The number of likely N-dealkylation sites (tertiary alicyclic amines) is 1. The standard InChI is InChI=1S/C30H52N2/c1-19(2)23-13-16-32(6)28(23)17-20(3)25-9-10-26-24-8-7-21-18-22(31)11-14-29(21,4)27(24)12-15-30(25,26)5/h8,19-23,25-28H,7,9-18,31H2,1-6H3/t20-,21?,22-,23?,25-,26+,27+,28?,29+,30-/m1/s1. The molecule has 0 aromatic heterocycles. The maximum absolute atomic E-state index is 6.41. The van der Waals surface area contributed by atoms with E-state index >= 15 is 0 Å². The summed E-state index contributed by atoms with van der Waals surface area (Å²) < 4.78 is 0. The molecule has 5 rings (SSSR count). The van der Waals surface area contributed by atoms with Crippen LogP contribution in [-0.2, 0) is 0 Å². The van der Waals surface area contributed by atoms with Crippen molar-refractivity contribution >= 4 is 0 Å². The van der Waals surface area contributed by atoms with Crippen LogP contribution in [0.5, 0.6) is 0 Å². The highest BCUT2D eigenvalue weighted by Gasteiger charge is 2.58. The maximum atomic E-state index is 6.41. The highest BCUT2D eigenvalue weighted by molar-refractivity contribution is 5.28. The Morgan fingerprint density at radius 2 is 1.72 bits per heavy atom. The van der Waals surface area contributed by atoms with E-state index in [0.29, 0.717) is 16.9 Å². The van der Waals surface area contributed by atoms with E-state index in [2.05, 4.69) is 52.6 Å². The fourth-order valence-corrected chi connectivity index (χ4v) is 10.2. The van der Waals surface area contributed by atoms with Crippen LogP contribution in [0.25, 0.3) is 0 Å². The lowest BCUT2D eigenvalue weighted by atomic mass is 9.47. The molecule has 4 fully saturated rings. The Morgan fingerprint density at radius 3 is 2.47 bits per heavy atom. The van der Waals surface area contributed by atoms with Gasteiger partial charge in [0.15, 0.2) is 0 Å². The molecule has 0 aromatic carbocycles. The van der Waals surface area contributed by atoms with E-state index in [-0.39, 0.29) is 0 Å². The number of hydrogen-bond acceptors (Lipinski definition) is 2. The van der Waals surface area contributed by atoms with Crippen molar-refractivity contribution < 1.29 is 0 Å². The van der Waals surface area contributed by atoms with Crippen LogP contribution in [0.15, 0.2) is 11.6 Å². The molecule has 4 aliphatic carbocycles. The molecule has 0 amide bonds. The lowest BCUT2D eigenvalue weighted by Gasteiger charge is -2.58. The van der Waals surface area contributed by atoms with Crippen LogP contribution >= 0.6 is 0 Å². The summed E-state index contributed by atoms with van der Waals surface area (Å²) in [6, 6.07) is 1.26. The first kappa shape index (κ1) is 23.4. The topological polar surface area (TPSA) is 29.3 Å². The lowest BCUT2D eigenvalue weighted by molar-refractivity contribution is -0.0135. The summed E-state index contributed by atoms with van der Waals surface area (Å²) in [6.07, 6.45) is 16.6. The molecule has 1 saturated heterocycles. The van der Waals surface area contributed by atoms with Crippen molar-refractivity contribution in [3.05, 3.63) is 11.6 Å². The largest absolute Gasteiger partial charge is 0.328 e. The molecule has 1 heterocycles. The number of fused-ring (bicyclic) bond motifs is 5. The van der Waals surface area contributed by atoms with Crippen molar-refractivity contribution in [2.24, 2.45) is 58.0 Å². The summed E-state index contributed by atoms with van der Waals surface area (Å²) in [5, 5.41) is 0. The summed E-state index contributed by atoms with van der Waals surface area (Å²) in [5.74, 6) is 6.06. The van der Waals surface area contributed by atoms with Gasteiger partial charge in [0.2, 0.25) is 0 Å². The molecule has 0 radical (unpaired) electrons. The first-order valence-corrected chi connectivity index (χ1v) is 14.3. The molecule has 32 heavy (non-hydrogen) atoms. The predicted molar refractivity (Wildman–Crippen MR) is 136 cm³/mol. The third-order valence-corrected chi connectivity index (χ3v) is 12.2. The zero-order valence-electron chi connectivity index (χ0n) is 22.1. The molecule has 0 aromatic rings. The minimum Gasteiger partial charge on any atom is -0.328 e. The second-order valence-electron chi connectivity index (χ2n) is 14.0. The Bertz CT molecular complexity index is 726. The molecule has 0 bridgehead atoms. The van der Waals surface area contributed by atoms with Gasteiger partial charge in [-0.3, -0.25) is 0 Å². The van der Waals surface area contributed by atoms with Crippen LogP contribution in [0.2, 0.25) is 0 Å². The third kappa shape index (κ3) is 3.57. The molecule has 3 unspecified atom stereocenters. The van der Waals surface area contributed by atoms with Gasteiger partial charge in [-0.05, 0) is 130 Å². The SMILES string of the molecule is CC(C)C1CCN(C)C1C[C@@H](C)[C@H]1CC[C@H]2C3=CCC4C[C@H](N)CC[C@]4(C)[C@H]3CC[C@]12C. The summed E-state index contributed by atoms with van der Waals surface area (Å²) in [7, 11) is 2.39. The average molecular weight is 441 g/mol. The third-order valence-electron chi connectivity index (χ3n) is 12.2.